The Morgan fingerprint density at radius 2 is 2.27 bits per heavy atom. The molecule has 2 aromatic rings. The number of benzene rings is 1. The van der Waals surface area contributed by atoms with Gasteiger partial charge in [-0.15, -0.1) is 11.3 Å². The van der Waals surface area contributed by atoms with E-state index < -0.39 is 0 Å². The minimum atomic E-state index is 0.520. The maximum atomic E-state index is 5.62. The van der Waals surface area contributed by atoms with Gasteiger partial charge in [0.1, 0.15) is 0 Å². The summed E-state index contributed by atoms with van der Waals surface area (Å²) in [4.78, 5) is 4.60. The third kappa shape index (κ3) is 2.36. The number of aromatic nitrogens is 1. The molecule has 3 heteroatoms. The minimum Gasteiger partial charge on any atom is -0.330 e. The summed E-state index contributed by atoms with van der Waals surface area (Å²) in [5.41, 5.74) is 8.03. The van der Waals surface area contributed by atoms with Gasteiger partial charge in [0, 0.05) is 6.42 Å². The molecule has 0 saturated carbocycles. The molecule has 1 unspecified atom stereocenters. The number of nitrogens with two attached hydrogens (primary N) is 1. The molecule has 1 aromatic heterocycles. The highest BCUT2D eigenvalue weighted by molar-refractivity contribution is 7.18. The predicted octanol–water partition coefficient (Wildman–Crippen LogP) is 2.74. The van der Waals surface area contributed by atoms with Crippen molar-refractivity contribution in [2.24, 2.45) is 11.7 Å². The van der Waals surface area contributed by atoms with Crippen molar-refractivity contribution < 1.29 is 0 Å². The third-order valence-corrected chi connectivity index (χ3v) is 3.55. The largest absolute Gasteiger partial charge is 0.330 e. The third-order valence-electron chi connectivity index (χ3n) is 2.51. The molecule has 0 radical (unpaired) electrons. The van der Waals surface area contributed by atoms with Gasteiger partial charge in [-0.1, -0.05) is 13.0 Å². The first-order chi connectivity index (χ1) is 7.19. The van der Waals surface area contributed by atoms with Crippen LogP contribution in [0, 0.1) is 12.8 Å². The molecule has 1 atom stereocenters. The van der Waals surface area contributed by atoms with E-state index in [0.29, 0.717) is 5.92 Å². The number of aryl methyl sites for hydroxylation is 1. The zero-order chi connectivity index (χ0) is 10.8. The number of hydrogen-bond donors (Lipinski definition) is 1. The van der Waals surface area contributed by atoms with Crippen LogP contribution in [-0.4, -0.2) is 11.5 Å². The maximum absolute atomic E-state index is 5.62. The van der Waals surface area contributed by atoms with Crippen LogP contribution >= 0.6 is 11.3 Å². The smallest absolute Gasteiger partial charge is 0.0941 e. The first kappa shape index (κ1) is 10.6. The van der Waals surface area contributed by atoms with Crippen molar-refractivity contribution in [3.05, 3.63) is 28.8 Å². The zero-order valence-electron chi connectivity index (χ0n) is 9.16. The quantitative estimate of drug-likeness (QED) is 0.863. The molecular formula is C12H16N2S. The maximum Gasteiger partial charge on any atom is 0.0941 e. The number of thiazole rings is 1. The molecule has 0 fully saturated rings. The lowest BCUT2D eigenvalue weighted by atomic mass is 10.1. The van der Waals surface area contributed by atoms with Crippen LogP contribution in [0.25, 0.3) is 10.2 Å². The molecule has 2 rings (SSSR count). The van der Waals surface area contributed by atoms with Crippen molar-refractivity contribution in [3.63, 3.8) is 0 Å². The fraction of sp³-hybridized carbons (Fsp3) is 0.417. The monoisotopic (exact) mass is 220 g/mol. The van der Waals surface area contributed by atoms with Gasteiger partial charge in [-0.3, -0.25) is 0 Å². The molecule has 15 heavy (non-hydrogen) atoms. The molecule has 2 N–H and O–H groups in total. The van der Waals surface area contributed by atoms with Gasteiger partial charge in [-0.05, 0) is 37.1 Å². The molecule has 1 aromatic carbocycles. The Kier molecular flexibility index (Phi) is 3.03. The molecule has 0 aliphatic carbocycles. The zero-order valence-corrected chi connectivity index (χ0v) is 9.97. The molecule has 2 nitrogen and oxygen atoms in total. The van der Waals surface area contributed by atoms with Crippen molar-refractivity contribution >= 4 is 21.6 Å². The summed E-state index contributed by atoms with van der Waals surface area (Å²) in [5, 5.41) is 1.20. The topological polar surface area (TPSA) is 38.9 Å². The Morgan fingerprint density at radius 1 is 1.47 bits per heavy atom. The lowest BCUT2D eigenvalue weighted by molar-refractivity contribution is 0.592. The number of nitrogens with zero attached hydrogens (tertiary/aromatic N) is 1. The number of hydrogen-bond acceptors (Lipinski definition) is 3. The van der Waals surface area contributed by atoms with Crippen LogP contribution in [0.5, 0.6) is 0 Å². The van der Waals surface area contributed by atoms with E-state index in [9.17, 15) is 0 Å². The fourth-order valence-corrected chi connectivity index (χ4v) is 2.78. The van der Waals surface area contributed by atoms with E-state index in [1.54, 1.807) is 11.3 Å². The van der Waals surface area contributed by atoms with Crippen LogP contribution in [0.1, 0.15) is 17.5 Å². The van der Waals surface area contributed by atoms with Crippen LogP contribution in [0.3, 0.4) is 0 Å². The van der Waals surface area contributed by atoms with Crippen LogP contribution in [0.4, 0.5) is 0 Å². The molecule has 80 valence electrons. The van der Waals surface area contributed by atoms with Crippen molar-refractivity contribution in [3.8, 4) is 0 Å². The summed E-state index contributed by atoms with van der Waals surface area (Å²) in [6.07, 6.45) is 0.995. The van der Waals surface area contributed by atoms with Crippen molar-refractivity contribution in [1.29, 1.82) is 0 Å². The number of fused-ring (bicyclic) bond motifs is 1. The summed E-state index contributed by atoms with van der Waals surface area (Å²) >= 11 is 1.79. The molecule has 0 amide bonds. The summed E-state index contributed by atoms with van der Waals surface area (Å²) in [6, 6.07) is 6.40. The van der Waals surface area contributed by atoms with Gasteiger partial charge < -0.3 is 5.73 Å². The van der Waals surface area contributed by atoms with Gasteiger partial charge in [-0.25, -0.2) is 4.98 Å². The van der Waals surface area contributed by atoms with Gasteiger partial charge >= 0.3 is 0 Å². The summed E-state index contributed by atoms with van der Waals surface area (Å²) in [6.45, 7) is 5.01. The summed E-state index contributed by atoms with van der Waals surface area (Å²) in [7, 11) is 0. The highest BCUT2D eigenvalue weighted by atomic mass is 32.1. The molecule has 0 aliphatic heterocycles. The molecule has 1 heterocycles. The lowest BCUT2D eigenvalue weighted by Crippen LogP contribution is -2.12. The molecule has 0 bridgehead atoms. The second-order valence-electron chi connectivity index (χ2n) is 4.12. The summed E-state index contributed by atoms with van der Waals surface area (Å²) in [5.74, 6) is 0.520. The lowest BCUT2D eigenvalue weighted by Gasteiger charge is -2.03. The van der Waals surface area contributed by atoms with E-state index >= 15 is 0 Å². The Labute approximate surface area is 94.1 Å². The van der Waals surface area contributed by atoms with E-state index in [-0.39, 0.29) is 0 Å². The Morgan fingerprint density at radius 3 is 3.00 bits per heavy atom. The summed E-state index contributed by atoms with van der Waals surface area (Å²) < 4.78 is 1.29. The average molecular weight is 220 g/mol. The fourth-order valence-electron chi connectivity index (χ4n) is 1.55. The average Bonchev–Trinajstić information content (AvgIpc) is 2.59. The van der Waals surface area contributed by atoms with E-state index in [2.05, 4.69) is 37.0 Å². The van der Waals surface area contributed by atoms with Crippen molar-refractivity contribution in [1.82, 2.24) is 4.98 Å². The standard InChI is InChI=1S/C12H16N2S/c1-8-3-4-10-11(5-8)15-12(14-10)6-9(2)7-13/h3-5,9H,6-7,13H2,1-2H3. The van der Waals surface area contributed by atoms with Gasteiger partial charge in [0.2, 0.25) is 0 Å². The SMILES string of the molecule is Cc1ccc2nc(CC(C)CN)sc2c1. The van der Waals surface area contributed by atoms with E-state index in [0.717, 1.165) is 18.5 Å². The van der Waals surface area contributed by atoms with Gasteiger partial charge in [0.15, 0.2) is 0 Å². The minimum absolute atomic E-state index is 0.520. The second kappa shape index (κ2) is 4.29. The number of rotatable bonds is 3. The van der Waals surface area contributed by atoms with Gasteiger partial charge in [0.25, 0.3) is 0 Å². The van der Waals surface area contributed by atoms with E-state index in [4.69, 9.17) is 5.73 Å². The highest BCUT2D eigenvalue weighted by Gasteiger charge is 2.07. The van der Waals surface area contributed by atoms with Crippen LogP contribution in [-0.2, 0) is 6.42 Å². The molecule has 0 aliphatic rings. The second-order valence-corrected chi connectivity index (χ2v) is 5.24. The van der Waals surface area contributed by atoms with E-state index in [1.165, 1.54) is 15.3 Å². The predicted molar refractivity (Wildman–Crippen MR) is 66.3 cm³/mol. The van der Waals surface area contributed by atoms with Gasteiger partial charge in [-0.2, -0.15) is 0 Å². The van der Waals surface area contributed by atoms with Crippen molar-refractivity contribution in [2.45, 2.75) is 20.3 Å². The first-order valence-electron chi connectivity index (χ1n) is 5.25. The Bertz CT molecular complexity index is 462. The molecule has 0 spiro atoms. The van der Waals surface area contributed by atoms with Crippen LogP contribution < -0.4 is 5.73 Å². The van der Waals surface area contributed by atoms with Gasteiger partial charge in [0.05, 0.1) is 15.2 Å². The van der Waals surface area contributed by atoms with E-state index in [1.807, 2.05) is 0 Å². The molecule has 0 saturated heterocycles. The van der Waals surface area contributed by atoms with Crippen molar-refractivity contribution in [2.75, 3.05) is 6.54 Å². The first-order valence-corrected chi connectivity index (χ1v) is 6.07. The van der Waals surface area contributed by atoms with Crippen LogP contribution in [0.2, 0.25) is 0 Å². The normalized spacial score (nSPS) is 13.3. The Balaban J connectivity index is 2.30. The highest BCUT2D eigenvalue weighted by Crippen LogP contribution is 2.24. The molecular weight excluding hydrogens is 204 g/mol. The van der Waals surface area contributed by atoms with Crippen LogP contribution in [0.15, 0.2) is 18.2 Å². The Hall–Kier alpha value is -0.930.